The number of nitrogens with zero attached hydrogens (tertiary/aromatic N) is 5. The number of hydrogen-bond donors (Lipinski definition) is 0. The van der Waals surface area contributed by atoms with Gasteiger partial charge in [-0.05, 0) is 69.4 Å². The number of hydrogen-bond acceptors (Lipinski definition) is 5. The van der Waals surface area contributed by atoms with Gasteiger partial charge in [-0.2, -0.15) is 5.10 Å². The molecule has 174 valence electrons. The molecule has 1 aromatic carbocycles. The van der Waals surface area contributed by atoms with Crippen LogP contribution in [0.1, 0.15) is 66.4 Å². The van der Waals surface area contributed by atoms with E-state index in [2.05, 4.69) is 11.3 Å². The molecule has 2 aliphatic rings. The van der Waals surface area contributed by atoms with Crippen LogP contribution in [0.3, 0.4) is 0 Å². The van der Waals surface area contributed by atoms with Crippen LogP contribution in [0.5, 0.6) is 0 Å². The van der Waals surface area contributed by atoms with Crippen molar-refractivity contribution in [2.45, 2.75) is 57.6 Å². The van der Waals surface area contributed by atoms with Crippen molar-refractivity contribution in [1.82, 2.24) is 24.7 Å². The van der Waals surface area contributed by atoms with Crippen LogP contribution < -0.4 is 0 Å². The van der Waals surface area contributed by atoms with E-state index in [0.717, 1.165) is 35.2 Å². The number of rotatable bonds is 4. The molecule has 0 N–H and O–H groups in total. The summed E-state index contributed by atoms with van der Waals surface area (Å²) >= 11 is 6.01. The summed E-state index contributed by atoms with van der Waals surface area (Å²) in [5.41, 5.74) is 5.21. The van der Waals surface area contributed by atoms with Gasteiger partial charge in [-0.15, -0.1) is 0 Å². The predicted octanol–water partition coefficient (Wildman–Crippen LogP) is 6.27. The molecule has 1 saturated carbocycles. The Kier molecular flexibility index (Phi) is 5.34. The molecule has 1 aliphatic carbocycles. The molecule has 8 heteroatoms. The topological polar surface area (TPSA) is 65.7 Å². The largest absolute Gasteiger partial charge is 0.373 e. The minimum Gasteiger partial charge on any atom is -0.373 e. The highest BCUT2D eigenvalue weighted by Gasteiger charge is 2.31. The number of halogens is 2. The van der Waals surface area contributed by atoms with Crippen LogP contribution in [0.15, 0.2) is 36.7 Å². The Balaban J connectivity index is 1.41. The Morgan fingerprint density at radius 2 is 1.94 bits per heavy atom. The first-order valence-corrected chi connectivity index (χ1v) is 12.1. The second-order valence-corrected chi connectivity index (χ2v) is 9.82. The fraction of sp³-hybridized carbons (Fsp3) is 0.385. The van der Waals surface area contributed by atoms with E-state index in [4.69, 9.17) is 31.3 Å². The number of pyridine rings is 1. The van der Waals surface area contributed by atoms with Gasteiger partial charge in [0.2, 0.25) is 0 Å². The zero-order valence-corrected chi connectivity index (χ0v) is 19.9. The van der Waals surface area contributed by atoms with Gasteiger partial charge in [0.15, 0.2) is 0 Å². The standard InChI is InChI=1S/C26H25ClFN5O/c1-14-9-22-25(30-15(14)2)24(20-6-3-18(27)11-21(20)28)32-26(31-22)16-7-8-34-23(10-16)17-12-29-33(13-17)19-4-5-19/h3,6,9,11-13,16,19,23H,4-5,7-8,10H2,1-2H3/t16-,23-/m1/s1. The summed E-state index contributed by atoms with van der Waals surface area (Å²) in [6, 6.07) is 7.20. The van der Waals surface area contributed by atoms with Crippen molar-refractivity contribution >= 4 is 22.6 Å². The first-order valence-electron chi connectivity index (χ1n) is 11.7. The molecule has 4 aromatic rings. The monoisotopic (exact) mass is 477 g/mol. The van der Waals surface area contributed by atoms with Crippen molar-refractivity contribution in [2.24, 2.45) is 0 Å². The molecule has 4 heterocycles. The number of benzene rings is 1. The van der Waals surface area contributed by atoms with Gasteiger partial charge in [-0.25, -0.2) is 19.3 Å². The summed E-state index contributed by atoms with van der Waals surface area (Å²) in [6.07, 6.45) is 7.91. The van der Waals surface area contributed by atoms with Crippen LogP contribution >= 0.6 is 11.6 Å². The van der Waals surface area contributed by atoms with Crippen molar-refractivity contribution in [1.29, 1.82) is 0 Å². The molecular formula is C26H25ClFN5O. The first kappa shape index (κ1) is 21.6. The highest BCUT2D eigenvalue weighted by molar-refractivity contribution is 6.30. The molecule has 0 spiro atoms. The van der Waals surface area contributed by atoms with Gasteiger partial charge in [0.1, 0.15) is 22.9 Å². The highest BCUT2D eigenvalue weighted by Crippen LogP contribution is 2.40. The Labute approximate surface area is 202 Å². The SMILES string of the molecule is Cc1cc2nc([C@@H]3CCO[C@@H](c4cnn(C5CC5)c4)C3)nc(-c3ccc(Cl)cc3F)c2nc1C. The lowest BCUT2D eigenvalue weighted by molar-refractivity contribution is 0.00397. The molecule has 0 unspecified atom stereocenters. The third-order valence-corrected chi connectivity index (χ3v) is 7.12. The molecule has 34 heavy (non-hydrogen) atoms. The molecule has 2 atom stereocenters. The van der Waals surface area contributed by atoms with Gasteiger partial charge in [0.05, 0.1) is 23.9 Å². The molecule has 2 fully saturated rings. The maximum atomic E-state index is 15.0. The van der Waals surface area contributed by atoms with Crippen LogP contribution in [0.2, 0.25) is 5.02 Å². The molecule has 6 rings (SSSR count). The summed E-state index contributed by atoms with van der Waals surface area (Å²) in [4.78, 5) is 14.5. The van der Waals surface area contributed by atoms with Crippen LogP contribution in [0.4, 0.5) is 4.39 Å². The average molecular weight is 478 g/mol. The lowest BCUT2D eigenvalue weighted by Crippen LogP contribution is -2.20. The zero-order chi connectivity index (χ0) is 23.4. The van der Waals surface area contributed by atoms with E-state index in [0.29, 0.717) is 40.3 Å². The normalized spacial score (nSPS) is 20.7. The Morgan fingerprint density at radius 3 is 2.74 bits per heavy atom. The van der Waals surface area contributed by atoms with E-state index in [-0.39, 0.29) is 12.0 Å². The molecule has 1 aliphatic heterocycles. The zero-order valence-electron chi connectivity index (χ0n) is 19.1. The number of aromatic nitrogens is 5. The van der Waals surface area contributed by atoms with Crippen molar-refractivity contribution < 1.29 is 9.13 Å². The predicted molar refractivity (Wildman–Crippen MR) is 128 cm³/mol. The van der Waals surface area contributed by atoms with Crippen LogP contribution in [-0.4, -0.2) is 31.3 Å². The maximum absolute atomic E-state index is 15.0. The number of fused-ring (bicyclic) bond motifs is 1. The van der Waals surface area contributed by atoms with Crippen molar-refractivity contribution in [3.05, 3.63) is 70.1 Å². The molecule has 6 nitrogen and oxygen atoms in total. The molecule has 3 aromatic heterocycles. The Morgan fingerprint density at radius 1 is 1.09 bits per heavy atom. The fourth-order valence-electron chi connectivity index (χ4n) is 4.64. The molecular weight excluding hydrogens is 453 g/mol. The lowest BCUT2D eigenvalue weighted by atomic mass is 9.92. The quantitative estimate of drug-likeness (QED) is 0.346. The van der Waals surface area contributed by atoms with E-state index in [1.54, 1.807) is 12.1 Å². The molecule has 1 saturated heterocycles. The van der Waals surface area contributed by atoms with Crippen LogP contribution in [0.25, 0.3) is 22.3 Å². The van der Waals surface area contributed by atoms with E-state index >= 15 is 0 Å². The third kappa shape index (κ3) is 3.97. The van der Waals surface area contributed by atoms with E-state index in [1.807, 2.05) is 30.8 Å². The van der Waals surface area contributed by atoms with Crippen molar-refractivity contribution in [3.63, 3.8) is 0 Å². The van der Waals surface area contributed by atoms with Crippen LogP contribution in [-0.2, 0) is 4.74 Å². The summed E-state index contributed by atoms with van der Waals surface area (Å²) in [7, 11) is 0. The van der Waals surface area contributed by atoms with Gasteiger partial charge in [0.25, 0.3) is 0 Å². The first-order chi connectivity index (χ1) is 16.5. The maximum Gasteiger partial charge on any atom is 0.134 e. The summed E-state index contributed by atoms with van der Waals surface area (Å²) in [5.74, 6) is 0.365. The second kappa shape index (κ2) is 8.40. The van der Waals surface area contributed by atoms with E-state index < -0.39 is 5.82 Å². The Hall–Kier alpha value is -2.90. The average Bonchev–Trinajstić information content (AvgIpc) is 3.56. The second-order valence-electron chi connectivity index (χ2n) is 9.38. The lowest BCUT2D eigenvalue weighted by Gasteiger charge is -2.28. The Bertz CT molecular complexity index is 1400. The smallest absolute Gasteiger partial charge is 0.134 e. The third-order valence-electron chi connectivity index (χ3n) is 6.88. The minimum atomic E-state index is -0.421. The number of ether oxygens (including phenoxy) is 1. The highest BCUT2D eigenvalue weighted by atomic mass is 35.5. The molecule has 0 radical (unpaired) electrons. The fourth-order valence-corrected chi connectivity index (χ4v) is 4.80. The van der Waals surface area contributed by atoms with Gasteiger partial charge in [-0.3, -0.25) is 4.68 Å². The van der Waals surface area contributed by atoms with Gasteiger partial charge in [0, 0.05) is 40.6 Å². The minimum absolute atomic E-state index is 0.0563. The van der Waals surface area contributed by atoms with Gasteiger partial charge in [-0.1, -0.05) is 11.6 Å². The number of aryl methyl sites for hydroxylation is 2. The summed E-state index contributed by atoms with van der Waals surface area (Å²) < 4.78 is 23.1. The summed E-state index contributed by atoms with van der Waals surface area (Å²) in [6.45, 7) is 4.56. The van der Waals surface area contributed by atoms with Crippen molar-refractivity contribution in [3.8, 4) is 11.3 Å². The molecule has 0 amide bonds. The van der Waals surface area contributed by atoms with Gasteiger partial charge < -0.3 is 4.74 Å². The van der Waals surface area contributed by atoms with E-state index in [9.17, 15) is 4.39 Å². The van der Waals surface area contributed by atoms with Crippen LogP contribution in [0, 0.1) is 19.7 Å². The summed E-state index contributed by atoms with van der Waals surface area (Å²) in [5, 5.41) is 4.87. The van der Waals surface area contributed by atoms with Gasteiger partial charge >= 0.3 is 0 Å². The van der Waals surface area contributed by atoms with E-state index in [1.165, 1.54) is 18.9 Å². The van der Waals surface area contributed by atoms with Crippen molar-refractivity contribution in [2.75, 3.05) is 6.61 Å². The molecule has 0 bridgehead atoms.